The van der Waals surface area contributed by atoms with E-state index in [-0.39, 0.29) is 39.0 Å². The standard InChI is InChI=1S/2HO2P.2Zn/c2*1-3-2;;/h2*3H;;/q;;2*+2/p+2. The van der Waals surface area contributed by atoms with Crippen LogP contribution in [-0.4, -0.2) is 9.79 Å². The molecule has 0 radical (unpaired) electrons. The first-order valence-corrected chi connectivity index (χ1v) is 2.57. The Balaban J connectivity index is -0.0000000160. The molecular weight excluding hydrogens is 257 g/mol. The number of hydrogen-bond acceptors (Lipinski definition) is 2. The molecule has 0 rings (SSSR count). The van der Waals surface area contributed by atoms with Gasteiger partial charge in [-0.2, -0.15) is 9.79 Å². The van der Waals surface area contributed by atoms with Crippen molar-refractivity contribution in [2.75, 3.05) is 0 Å². The summed E-state index contributed by atoms with van der Waals surface area (Å²) in [6.07, 6.45) is 0. The second kappa shape index (κ2) is 40.1. The van der Waals surface area contributed by atoms with Crippen molar-refractivity contribution in [1.82, 2.24) is 0 Å². The molecule has 0 aliphatic rings. The molecule has 2 atom stereocenters. The zero-order chi connectivity index (χ0) is 5.41. The fourth-order valence-corrected chi connectivity index (χ4v) is 0. The fraction of sp³-hybridized carbons (Fsp3) is 0. The minimum absolute atomic E-state index is 0. The first kappa shape index (κ1) is 22.8. The summed E-state index contributed by atoms with van der Waals surface area (Å²) in [5.74, 6) is 0. The molecule has 0 spiro atoms. The van der Waals surface area contributed by atoms with Crippen molar-refractivity contribution in [3.63, 3.8) is 0 Å². The number of rotatable bonds is 0. The molecule has 2 N–H and O–H groups in total. The van der Waals surface area contributed by atoms with Gasteiger partial charge in [-0.1, -0.05) is 0 Å². The van der Waals surface area contributed by atoms with Gasteiger partial charge in [0.15, 0.2) is 0 Å². The van der Waals surface area contributed by atoms with Gasteiger partial charge in [-0.3, -0.25) is 0 Å². The average molecular weight is 261 g/mol. The van der Waals surface area contributed by atoms with E-state index in [1.807, 2.05) is 0 Å². The van der Waals surface area contributed by atoms with E-state index >= 15 is 0 Å². The van der Waals surface area contributed by atoms with Crippen LogP contribution in [0.1, 0.15) is 0 Å². The molecule has 0 aromatic rings. The summed E-state index contributed by atoms with van der Waals surface area (Å²) >= 11 is 0. The Bertz CT molecular complexity index is 33.0. The Hall–Kier alpha value is 1.37. The Morgan fingerprint density at radius 2 is 0.875 bits per heavy atom. The van der Waals surface area contributed by atoms with Gasteiger partial charge in [-0.05, 0) is 9.13 Å². The minimum Gasteiger partial charge on any atom is -0.162 e. The molecule has 8 heavy (non-hydrogen) atoms. The molecule has 0 saturated carbocycles. The summed E-state index contributed by atoms with van der Waals surface area (Å²) in [6, 6.07) is 0. The molecule has 0 aromatic heterocycles. The van der Waals surface area contributed by atoms with Crippen molar-refractivity contribution in [2.24, 2.45) is 0 Å². The molecule has 0 heterocycles. The second-order valence-corrected chi connectivity index (χ2v) is 0.548. The van der Waals surface area contributed by atoms with Crippen LogP contribution in [0.2, 0.25) is 0 Å². The predicted octanol–water partition coefficient (Wildman–Crippen LogP) is -0.170. The van der Waals surface area contributed by atoms with Crippen molar-refractivity contribution in [3.05, 3.63) is 0 Å². The Morgan fingerprint density at radius 1 is 0.875 bits per heavy atom. The first-order chi connectivity index (χ1) is 2.83. The molecule has 0 bridgehead atoms. The molecule has 0 aromatic carbocycles. The van der Waals surface area contributed by atoms with Crippen LogP contribution in [0.25, 0.3) is 0 Å². The van der Waals surface area contributed by atoms with E-state index < -0.39 is 17.4 Å². The van der Waals surface area contributed by atoms with E-state index in [4.69, 9.17) is 18.9 Å². The van der Waals surface area contributed by atoms with Gasteiger partial charge in [0.1, 0.15) is 0 Å². The summed E-state index contributed by atoms with van der Waals surface area (Å²) in [6.45, 7) is 0. The largest absolute Gasteiger partial charge is 2.00 e. The van der Waals surface area contributed by atoms with Crippen LogP contribution in [0, 0.1) is 0 Å². The van der Waals surface area contributed by atoms with E-state index in [1.165, 1.54) is 0 Å². The van der Waals surface area contributed by atoms with Gasteiger partial charge in [0, 0.05) is 0 Å². The zero-order valence-electron chi connectivity index (χ0n) is 4.13. The smallest absolute Gasteiger partial charge is 0.162 e. The Labute approximate surface area is 75.1 Å². The second-order valence-electron chi connectivity index (χ2n) is 0.183. The van der Waals surface area contributed by atoms with Crippen LogP contribution in [-0.2, 0) is 48.1 Å². The maximum atomic E-state index is 8.51. The van der Waals surface area contributed by atoms with Gasteiger partial charge in [0.2, 0.25) is 0 Å². The van der Waals surface area contributed by atoms with Gasteiger partial charge in [0.05, 0.1) is 0 Å². The molecule has 8 heteroatoms. The molecule has 4 nitrogen and oxygen atoms in total. The van der Waals surface area contributed by atoms with Gasteiger partial charge in [-0.25, -0.2) is 0 Å². The zero-order valence-corrected chi connectivity index (χ0v) is 12.1. The molecule has 0 saturated heterocycles. The first-order valence-electron chi connectivity index (χ1n) is 0.855. The fourth-order valence-electron chi connectivity index (χ4n) is 0. The molecule has 0 fully saturated rings. The molecule has 36 valence electrons. The summed E-state index contributed by atoms with van der Waals surface area (Å²) in [4.78, 5) is 14.1. The maximum Gasteiger partial charge on any atom is 2.00 e. The summed E-state index contributed by atoms with van der Waals surface area (Å²) in [7, 11) is -2.33. The van der Waals surface area contributed by atoms with Crippen molar-refractivity contribution in [3.8, 4) is 0 Å². The molecule has 0 amide bonds. The van der Waals surface area contributed by atoms with Crippen molar-refractivity contribution >= 4 is 17.4 Å². The van der Waals surface area contributed by atoms with E-state index in [2.05, 4.69) is 0 Å². The van der Waals surface area contributed by atoms with Crippen LogP contribution in [0.3, 0.4) is 0 Å². The van der Waals surface area contributed by atoms with E-state index in [1.54, 1.807) is 0 Å². The number of hydrogen-bond donors (Lipinski definition) is 2. The topological polar surface area (TPSA) is 74.6 Å². The monoisotopic (exact) mass is 258 g/mol. The predicted molar refractivity (Wildman–Crippen MR) is 22.4 cm³/mol. The summed E-state index contributed by atoms with van der Waals surface area (Å²) < 4.78 is 17.0. The summed E-state index contributed by atoms with van der Waals surface area (Å²) in [5.41, 5.74) is 0. The third-order valence-corrected chi connectivity index (χ3v) is 0. The minimum atomic E-state index is -1.17. The van der Waals surface area contributed by atoms with Crippen LogP contribution in [0.15, 0.2) is 0 Å². The third-order valence-electron chi connectivity index (χ3n) is 0. The normalized spacial score (nSPS) is 5.25. The Morgan fingerprint density at radius 3 is 0.875 bits per heavy atom. The maximum absolute atomic E-state index is 8.51. The van der Waals surface area contributed by atoms with Crippen LogP contribution < -0.4 is 0 Å². The average Bonchev–Trinajstić information content (AvgIpc) is 1.39. The third kappa shape index (κ3) is 160. The van der Waals surface area contributed by atoms with Crippen LogP contribution in [0.4, 0.5) is 0 Å². The van der Waals surface area contributed by atoms with E-state index in [0.717, 1.165) is 0 Å². The van der Waals surface area contributed by atoms with Gasteiger partial charge >= 0.3 is 56.3 Å². The molecule has 0 aliphatic carbocycles. The van der Waals surface area contributed by atoms with Gasteiger partial charge < -0.3 is 0 Å². The van der Waals surface area contributed by atoms with Crippen molar-refractivity contribution in [1.29, 1.82) is 0 Å². The quantitative estimate of drug-likeness (QED) is 0.469. The molecule has 0 aliphatic heterocycles. The van der Waals surface area contributed by atoms with E-state index in [9.17, 15) is 0 Å². The van der Waals surface area contributed by atoms with Crippen LogP contribution in [0.5, 0.6) is 0 Å². The van der Waals surface area contributed by atoms with Gasteiger partial charge in [-0.15, -0.1) is 0 Å². The van der Waals surface area contributed by atoms with E-state index in [0.29, 0.717) is 0 Å². The van der Waals surface area contributed by atoms with Crippen molar-refractivity contribution < 1.29 is 57.9 Å². The van der Waals surface area contributed by atoms with Crippen molar-refractivity contribution in [2.45, 2.75) is 0 Å². The van der Waals surface area contributed by atoms with Gasteiger partial charge in [0.25, 0.3) is 0 Å². The van der Waals surface area contributed by atoms with Crippen LogP contribution >= 0.6 is 17.4 Å². The Kier molecular flexibility index (Phi) is 114. The molecule has 2 unspecified atom stereocenters. The molecular formula is H4O4P2Zn2+6. The summed E-state index contributed by atoms with van der Waals surface area (Å²) in [5, 5.41) is 0. The SMILES string of the molecule is O=[PH+]O.O=[PH+]O.[Zn+2].[Zn+2].